The van der Waals surface area contributed by atoms with Crippen molar-refractivity contribution in [1.82, 2.24) is 4.98 Å². The molecule has 1 aliphatic heterocycles. The van der Waals surface area contributed by atoms with Crippen molar-refractivity contribution in [2.75, 3.05) is 11.4 Å². The molecule has 0 bridgehead atoms. The van der Waals surface area contributed by atoms with Crippen LogP contribution in [0.1, 0.15) is 15.9 Å². The average molecular weight is 307 g/mol. The Bertz CT molecular complexity index is 810. The van der Waals surface area contributed by atoms with Crippen LogP contribution in [0.2, 0.25) is 0 Å². The lowest BCUT2D eigenvalue weighted by Gasteiger charge is -2.26. The maximum Gasteiger partial charge on any atom is 0.0905 e. The molecule has 0 saturated heterocycles. The summed E-state index contributed by atoms with van der Waals surface area (Å²) in [6, 6.07) is 18.8. The van der Waals surface area contributed by atoms with Gasteiger partial charge in [-0.25, -0.2) is 4.98 Å². The molecule has 1 atom stereocenters. The van der Waals surface area contributed by atoms with Crippen LogP contribution in [0.25, 0.3) is 11.3 Å². The second-order valence-electron chi connectivity index (χ2n) is 5.52. The first-order valence-corrected chi connectivity index (χ1v) is 8.20. The number of anilines is 2. The molecular formula is C18H17N3S. The van der Waals surface area contributed by atoms with Crippen LogP contribution in [-0.4, -0.2) is 11.5 Å². The van der Waals surface area contributed by atoms with Crippen molar-refractivity contribution in [2.45, 2.75) is 13.0 Å². The molecule has 2 aromatic carbocycles. The molecule has 0 saturated carbocycles. The van der Waals surface area contributed by atoms with Gasteiger partial charge in [-0.05, 0) is 25.1 Å². The molecule has 2 N–H and O–H groups in total. The molecular weight excluding hydrogens is 290 g/mol. The summed E-state index contributed by atoms with van der Waals surface area (Å²) in [5.74, 6) is 0. The molecule has 0 radical (unpaired) electrons. The lowest BCUT2D eigenvalue weighted by molar-refractivity contribution is 0.739. The Morgan fingerprint density at radius 2 is 1.82 bits per heavy atom. The molecule has 4 rings (SSSR count). The molecule has 22 heavy (non-hydrogen) atoms. The number of thiazole rings is 1. The van der Waals surface area contributed by atoms with E-state index in [0.29, 0.717) is 0 Å². The SMILES string of the molecule is Cc1nc2c(s1)C(N)CN(c1ccccc1)c1ccccc1-2. The van der Waals surface area contributed by atoms with Gasteiger partial charge in [0.25, 0.3) is 0 Å². The summed E-state index contributed by atoms with van der Waals surface area (Å²) in [7, 11) is 0. The molecule has 1 unspecified atom stereocenters. The Balaban J connectivity index is 1.94. The molecule has 110 valence electrons. The van der Waals surface area contributed by atoms with E-state index in [9.17, 15) is 0 Å². The quantitative estimate of drug-likeness (QED) is 0.730. The lowest BCUT2D eigenvalue weighted by atomic mass is 10.1. The zero-order valence-corrected chi connectivity index (χ0v) is 13.2. The van der Waals surface area contributed by atoms with Crippen LogP contribution in [-0.2, 0) is 0 Å². The Labute approximate surface area is 134 Å². The van der Waals surface area contributed by atoms with Gasteiger partial charge in [-0.15, -0.1) is 11.3 Å². The zero-order valence-electron chi connectivity index (χ0n) is 12.4. The molecule has 0 aliphatic carbocycles. The van der Waals surface area contributed by atoms with Crippen LogP contribution in [0, 0.1) is 6.92 Å². The van der Waals surface area contributed by atoms with Crippen LogP contribution in [0.4, 0.5) is 11.4 Å². The minimum absolute atomic E-state index is 0.0335. The third-order valence-electron chi connectivity index (χ3n) is 3.99. The van der Waals surface area contributed by atoms with Crippen LogP contribution in [0.5, 0.6) is 0 Å². The predicted octanol–water partition coefficient (Wildman–Crippen LogP) is 4.27. The van der Waals surface area contributed by atoms with E-state index < -0.39 is 0 Å². The minimum atomic E-state index is -0.0335. The molecule has 3 aromatic rings. The maximum absolute atomic E-state index is 6.50. The van der Waals surface area contributed by atoms with Gasteiger partial charge < -0.3 is 10.6 Å². The van der Waals surface area contributed by atoms with Crippen LogP contribution in [0.3, 0.4) is 0 Å². The number of nitrogens with zero attached hydrogens (tertiary/aromatic N) is 2. The minimum Gasteiger partial charge on any atom is -0.339 e. The predicted molar refractivity (Wildman–Crippen MR) is 92.7 cm³/mol. The Kier molecular flexibility index (Phi) is 3.21. The Hall–Kier alpha value is -2.17. The Morgan fingerprint density at radius 1 is 1.09 bits per heavy atom. The van der Waals surface area contributed by atoms with Crippen molar-refractivity contribution in [2.24, 2.45) is 5.73 Å². The van der Waals surface area contributed by atoms with E-state index in [0.717, 1.165) is 22.9 Å². The van der Waals surface area contributed by atoms with Crippen molar-refractivity contribution in [3.05, 3.63) is 64.5 Å². The second kappa shape index (κ2) is 5.23. The fourth-order valence-electron chi connectivity index (χ4n) is 3.03. The van der Waals surface area contributed by atoms with E-state index in [1.807, 2.05) is 13.0 Å². The van der Waals surface area contributed by atoms with E-state index in [1.54, 1.807) is 11.3 Å². The van der Waals surface area contributed by atoms with Crippen LogP contribution in [0.15, 0.2) is 54.6 Å². The van der Waals surface area contributed by atoms with Gasteiger partial charge in [0.2, 0.25) is 0 Å². The van der Waals surface area contributed by atoms with Crippen molar-refractivity contribution in [3.8, 4) is 11.3 Å². The lowest BCUT2D eigenvalue weighted by Crippen LogP contribution is -2.27. The highest BCUT2D eigenvalue weighted by atomic mass is 32.1. The Morgan fingerprint density at radius 3 is 2.64 bits per heavy atom. The third kappa shape index (κ3) is 2.12. The van der Waals surface area contributed by atoms with E-state index >= 15 is 0 Å². The number of hydrogen-bond donors (Lipinski definition) is 1. The number of para-hydroxylation sites is 2. The largest absolute Gasteiger partial charge is 0.339 e. The summed E-state index contributed by atoms with van der Waals surface area (Å²) >= 11 is 1.71. The normalized spacial score (nSPS) is 16.8. The first-order chi connectivity index (χ1) is 10.7. The van der Waals surface area contributed by atoms with Gasteiger partial charge in [-0.2, -0.15) is 0 Å². The van der Waals surface area contributed by atoms with Gasteiger partial charge in [0.05, 0.1) is 27.3 Å². The molecule has 3 nitrogen and oxygen atoms in total. The number of aryl methyl sites for hydroxylation is 1. The van der Waals surface area contributed by atoms with E-state index in [1.165, 1.54) is 16.1 Å². The average Bonchev–Trinajstić information content (AvgIpc) is 2.90. The fourth-order valence-corrected chi connectivity index (χ4v) is 3.96. The highest BCUT2D eigenvalue weighted by Crippen LogP contribution is 2.43. The summed E-state index contributed by atoms with van der Waals surface area (Å²) < 4.78 is 0. The molecule has 2 heterocycles. The molecule has 4 heteroatoms. The standard InChI is InChI=1S/C18H17N3S/c1-12-20-17-14-9-5-6-10-16(14)21(11-15(19)18(17)22-12)13-7-3-2-4-8-13/h2-10,15H,11,19H2,1H3. The number of rotatable bonds is 1. The zero-order chi connectivity index (χ0) is 15.1. The van der Waals surface area contributed by atoms with Gasteiger partial charge in [0.1, 0.15) is 0 Å². The molecule has 0 fully saturated rings. The van der Waals surface area contributed by atoms with Crippen molar-refractivity contribution in [1.29, 1.82) is 0 Å². The highest BCUT2D eigenvalue weighted by Gasteiger charge is 2.28. The van der Waals surface area contributed by atoms with Gasteiger partial charge in [0.15, 0.2) is 0 Å². The number of nitrogens with two attached hydrogens (primary N) is 1. The molecule has 1 aromatic heterocycles. The second-order valence-corrected chi connectivity index (χ2v) is 6.75. The first kappa shape index (κ1) is 13.5. The van der Waals surface area contributed by atoms with E-state index in [-0.39, 0.29) is 6.04 Å². The van der Waals surface area contributed by atoms with Gasteiger partial charge >= 0.3 is 0 Å². The first-order valence-electron chi connectivity index (χ1n) is 7.39. The topological polar surface area (TPSA) is 42.1 Å². The summed E-state index contributed by atoms with van der Waals surface area (Å²) in [5.41, 5.74) is 11.0. The number of fused-ring (bicyclic) bond motifs is 3. The summed E-state index contributed by atoms with van der Waals surface area (Å²) in [6.45, 7) is 2.80. The smallest absolute Gasteiger partial charge is 0.0905 e. The monoisotopic (exact) mass is 307 g/mol. The maximum atomic E-state index is 6.50. The van der Waals surface area contributed by atoms with Crippen molar-refractivity contribution >= 4 is 22.7 Å². The summed E-state index contributed by atoms with van der Waals surface area (Å²) in [6.07, 6.45) is 0. The number of aromatic nitrogens is 1. The summed E-state index contributed by atoms with van der Waals surface area (Å²) in [4.78, 5) is 8.22. The summed E-state index contributed by atoms with van der Waals surface area (Å²) in [5, 5.41) is 1.07. The number of benzene rings is 2. The van der Waals surface area contributed by atoms with Crippen molar-refractivity contribution < 1.29 is 0 Å². The van der Waals surface area contributed by atoms with Gasteiger partial charge in [-0.1, -0.05) is 36.4 Å². The van der Waals surface area contributed by atoms with E-state index in [2.05, 4.69) is 53.4 Å². The van der Waals surface area contributed by atoms with Crippen LogP contribution < -0.4 is 10.6 Å². The highest BCUT2D eigenvalue weighted by molar-refractivity contribution is 7.12. The molecule has 0 spiro atoms. The van der Waals surface area contributed by atoms with E-state index in [4.69, 9.17) is 10.7 Å². The third-order valence-corrected chi connectivity index (χ3v) is 5.10. The van der Waals surface area contributed by atoms with Gasteiger partial charge in [0, 0.05) is 17.8 Å². The van der Waals surface area contributed by atoms with Crippen molar-refractivity contribution in [3.63, 3.8) is 0 Å². The molecule has 1 aliphatic rings. The fraction of sp³-hybridized carbons (Fsp3) is 0.167. The van der Waals surface area contributed by atoms with Crippen LogP contribution >= 0.6 is 11.3 Å². The van der Waals surface area contributed by atoms with Gasteiger partial charge in [-0.3, -0.25) is 0 Å². The number of hydrogen-bond acceptors (Lipinski definition) is 4. The molecule has 0 amide bonds.